The maximum Gasteiger partial charge on any atom is 0.408 e. The van der Waals surface area contributed by atoms with Gasteiger partial charge < -0.3 is 15.2 Å². The van der Waals surface area contributed by atoms with Gasteiger partial charge in [0.2, 0.25) is 6.04 Å². The van der Waals surface area contributed by atoms with Crippen LogP contribution in [0, 0.1) is 16.0 Å². The van der Waals surface area contributed by atoms with Gasteiger partial charge in [-0.2, -0.15) is 0 Å². The van der Waals surface area contributed by atoms with E-state index in [4.69, 9.17) is 9.84 Å². The van der Waals surface area contributed by atoms with Gasteiger partial charge in [0, 0.05) is 17.3 Å². The van der Waals surface area contributed by atoms with Crippen LogP contribution in [0.3, 0.4) is 0 Å². The number of alkyl carbamates (subject to hydrolysis) is 1. The molecule has 19 heavy (non-hydrogen) atoms. The van der Waals surface area contributed by atoms with Gasteiger partial charge in [0.1, 0.15) is 11.6 Å². The van der Waals surface area contributed by atoms with Crippen molar-refractivity contribution in [2.75, 3.05) is 0 Å². The molecule has 1 amide bonds. The molecule has 1 aliphatic carbocycles. The molecule has 0 aromatic heterocycles. The molecule has 1 rings (SSSR count). The van der Waals surface area contributed by atoms with Crippen molar-refractivity contribution < 1.29 is 24.4 Å². The molecule has 1 saturated carbocycles. The first-order valence-electron chi connectivity index (χ1n) is 5.96. The standard InChI is InChI=1S/C11H18N2O6/c1-11(2,3)19-10(16)12-7(9(14)15)4-6-5-8(6)13(17)18/h6-8H,4-5H2,1-3H3,(H,12,16)(H,14,15)/t6-,7-,8-/m1/s1. The Balaban J connectivity index is 2.48. The van der Waals surface area contributed by atoms with Gasteiger partial charge in [-0.25, -0.2) is 9.59 Å². The van der Waals surface area contributed by atoms with E-state index in [1.54, 1.807) is 20.8 Å². The smallest absolute Gasteiger partial charge is 0.408 e. The summed E-state index contributed by atoms with van der Waals surface area (Å²) in [7, 11) is 0. The molecule has 1 fully saturated rings. The number of rotatable bonds is 5. The van der Waals surface area contributed by atoms with Crippen molar-refractivity contribution in [3.63, 3.8) is 0 Å². The van der Waals surface area contributed by atoms with Gasteiger partial charge in [-0.05, 0) is 27.2 Å². The number of carbonyl (C=O) groups excluding carboxylic acids is 1. The lowest BCUT2D eigenvalue weighted by Gasteiger charge is -2.21. The molecule has 3 atom stereocenters. The van der Waals surface area contributed by atoms with Crippen LogP contribution < -0.4 is 5.32 Å². The molecular weight excluding hydrogens is 256 g/mol. The second-order valence-electron chi connectivity index (χ2n) is 5.62. The third-order valence-electron chi connectivity index (χ3n) is 2.68. The van der Waals surface area contributed by atoms with Crippen LogP contribution in [0.15, 0.2) is 0 Å². The molecule has 1 aliphatic rings. The van der Waals surface area contributed by atoms with Crippen LogP contribution in [0.1, 0.15) is 33.6 Å². The van der Waals surface area contributed by atoms with Crippen LogP contribution >= 0.6 is 0 Å². The monoisotopic (exact) mass is 274 g/mol. The van der Waals surface area contributed by atoms with Crippen molar-refractivity contribution in [2.45, 2.75) is 51.3 Å². The molecule has 0 aromatic carbocycles. The fourth-order valence-corrected chi connectivity index (χ4v) is 1.72. The van der Waals surface area contributed by atoms with Crippen molar-refractivity contribution in [2.24, 2.45) is 5.92 Å². The Labute approximate surface area is 110 Å². The van der Waals surface area contributed by atoms with Gasteiger partial charge in [-0.3, -0.25) is 10.1 Å². The summed E-state index contributed by atoms with van der Waals surface area (Å²) < 4.78 is 4.95. The number of hydrogen-bond acceptors (Lipinski definition) is 5. The number of ether oxygens (including phenoxy) is 1. The van der Waals surface area contributed by atoms with Gasteiger partial charge in [0.25, 0.3) is 0 Å². The fraction of sp³-hybridized carbons (Fsp3) is 0.818. The van der Waals surface area contributed by atoms with E-state index in [0.717, 1.165) is 0 Å². The van der Waals surface area contributed by atoms with Crippen molar-refractivity contribution >= 4 is 12.1 Å². The predicted molar refractivity (Wildman–Crippen MR) is 64.3 cm³/mol. The molecule has 8 heteroatoms. The van der Waals surface area contributed by atoms with Gasteiger partial charge in [-0.1, -0.05) is 0 Å². The fourth-order valence-electron chi connectivity index (χ4n) is 1.72. The molecule has 8 nitrogen and oxygen atoms in total. The minimum Gasteiger partial charge on any atom is -0.480 e. The maximum atomic E-state index is 11.5. The zero-order valence-electron chi connectivity index (χ0n) is 11.1. The van der Waals surface area contributed by atoms with Crippen LogP contribution in [0.25, 0.3) is 0 Å². The average molecular weight is 274 g/mol. The SMILES string of the molecule is CC(C)(C)OC(=O)N[C@H](C[C@@H]1C[C@H]1[N+](=O)[O-])C(=O)O. The third-order valence-corrected chi connectivity index (χ3v) is 2.68. The number of carbonyl (C=O) groups is 2. The lowest BCUT2D eigenvalue weighted by Crippen LogP contribution is -2.43. The summed E-state index contributed by atoms with van der Waals surface area (Å²) >= 11 is 0. The minimum atomic E-state index is -1.22. The van der Waals surface area contributed by atoms with Crippen LogP contribution in [-0.2, 0) is 9.53 Å². The molecule has 0 spiro atoms. The molecule has 2 N–H and O–H groups in total. The second-order valence-corrected chi connectivity index (χ2v) is 5.62. The topological polar surface area (TPSA) is 119 Å². The van der Waals surface area contributed by atoms with E-state index in [1.807, 2.05) is 0 Å². The second kappa shape index (κ2) is 5.41. The molecule has 0 bridgehead atoms. The third kappa shape index (κ3) is 5.11. The number of aliphatic carboxylic acids is 1. The van der Waals surface area contributed by atoms with E-state index >= 15 is 0 Å². The lowest BCUT2D eigenvalue weighted by molar-refractivity contribution is -0.498. The minimum absolute atomic E-state index is 0.0419. The summed E-state index contributed by atoms with van der Waals surface area (Å²) in [6.07, 6.45) is -0.439. The lowest BCUT2D eigenvalue weighted by atomic mass is 10.1. The molecule has 0 radical (unpaired) electrons. The van der Waals surface area contributed by atoms with Gasteiger partial charge in [-0.15, -0.1) is 0 Å². The van der Waals surface area contributed by atoms with E-state index in [0.29, 0.717) is 6.42 Å². The molecular formula is C11H18N2O6. The van der Waals surface area contributed by atoms with Crippen LogP contribution in [0.4, 0.5) is 4.79 Å². The zero-order chi connectivity index (χ0) is 14.8. The van der Waals surface area contributed by atoms with Gasteiger partial charge in [0.05, 0.1) is 0 Å². The Morgan fingerprint density at radius 1 is 1.53 bits per heavy atom. The summed E-state index contributed by atoms with van der Waals surface area (Å²) in [4.78, 5) is 32.5. The summed E-state index contributed by atoms with van der Waals surface area (Å²) in [6.45, 7) is 4.98. The van der Waals surface area contributed by atoms with Gasteiger partial charge >= 0.3 is 12.1 Å². The van der Waals surface area contributed by atoms with Crippen molar-refractivity contribution in [3.05, 3.63) is 10.1 Å². The molecule has 108 valence electrons. The van der Waals surface area contributed by atoms with Crippen LogP contribution in [0.5, 0.6) is 0 Å². The first-order chi connectivity index (χ1) is 8.60. The Morgan fingerprint density at radius 2 is 2.11 bits per heavy atom. The summed E-state index contributed by atoms with van der Waals surface area (Å²) in [5, 5.41) is 21.7. The molecule has 0 heterocycles. The van der Waals surface area contributed by atoms with Crippen molar-refractivity contribution in [1.82, 2.24) is 5.32 Å². The number of nitro groups is 1. The number of carboxylic acid groups (broad SMARTS) is 1. The van der Waals surface area contributed by atoms with Crippen molar-refractivity contribution in [1.29, 1.82) is 0 Å². The quantitative estimate of drug-likeness (QED) is 0.570. The van der Waals surface area contributed by atoms with E-state index in [9.17, 15) is 19.7 Å². The number of nitrogens with zero attached hydrogens (tertiary/aromatic N) is 1. The normalized spacial score (nSPS) is 23.3. The number of hydrogen-bond donors (Lipinski definition) is 2. The Morgan fingerprint density at radius 3 is 2.47 bits per heavy atom. The number of carboxylic acids is 1. The summed E-state index contributed by atoms with van der Waals surface area (Å²) in [6, 6.07) is -1.85. The molecule has 0 saturated heterocycles. The Kier molecular flexibility index (Phi) is 4.33. The van der Waals surface area contributed by atoms with Crippen LogP contribution in [0.2, 0.25) is 0 Å². The average Bonchev–Trinajstić information content (AvgIpc) is 2.92. The number of nitrogens with one attached hydrogen (secondary N) is 1. The highest BCUT2D eigenvalue weighted by molar-refractivity contribution is 5.80. The van der Waals surface area contributed by atoms with E-state index in [2.05, 4.69) is 5.32 Å². The van der Waals surface area contributed by atoms with Gasteiger partial charge in [0.15, 0.2) is 0 Å². The molecule has 0 aromatic rings. The highest BCUT2D eigenvalue weighted by Crippen LogP contribution is 2.37. The zero-order valence-corrected chi connectivity index (χ0v) is 11.1. The van der Waals surface area contributed by atoms with E-state index in [1.165, 1.54) is 0 Å². The Bertz CT molecular complexity index is 389. The largest absolute Gasteiger partial charge is 0.480 e. The van der Waals surface area contributed by atoms with E-state index < -0.39 is 34.7 Å². The maximum absolute atomic E-state index is 11.5. The first-order valence-corrected chi connectivity index (χ1v) is 5.96. The van der Waals surface area contributed by atoms with Crippen molar-refractivity contribution in [3.8, 4) is 0 Å². The number of amides is 1. The molecule has 0 unspecified atom stereocenters. The van der Waals surface area contributed by atoms with Crippen LogP contribution in [-0.4, -0.2) is 39.8 Å². The summed E-state index contributed by atoms with van der Waals surface area (Å²) in [5.41, 5.74) is -0.726. The molecule has 0 aliphatic heterocycles. The van der Waals surface area contributed by atoms with E-state index in [-0.39, 0.29) is 12.3 Å². The Hall–Kier alpha value is -1.86. The highest BCUT2D eigenvalue weighted by atomic mass is 16.6. The first kappa shape index (κ1) is 15.2. The highest BCUT2D eigenvalue weighted by Gasteiger charge is 2.50. The predicted octanol–water partition coefficient (Wildman–Crippen LogP) is 1.02. The summed E-state index contributed by atoms with van der Waals surface area (Å²) in [5.74, 6) is -1.52.